The van der Waals surface area contributed by atoms with Crippen LogP contribution < -0.4 is 5.32 Å². The molecule has 3 aromatic heterocycles. The molecule has 3 heterocycles. The standard InChI is InChI=1S/C22H18F2N6OS2/c1-12(20(31)27-21-26-18(11-32-21)14-2-5-16(23)17(24)10-14)33-22-29-28-19(30(22)15-3-4-15)13-6-8-25-9-7-13/h2,5-12,15H,3-4H2,1H3,(H,26,27,31)/t12-/m1/s1. The number of thioether (sulfide) groups is 1. The largest absolute Gasteiger partial charge is 0.301 e. The van der Waals surface area contributed by atoms with Gasteiger partial charge in [0.05, 0.1) is 10.9 Å². The summed E-state index contributed by atoms with van der Waals surface area (Å²) in [5, 5.41) is 13.8. The molecule has 0 spiro atoms. The zero-order valence-electron chi connectivity index (χ0n) is 17.4. The van der Waals surface area contributed by atoms with Crippen LogP contribution in [-0.4, -0.2) is 35.9 Å². The fourth-order valence-corrected chi connectivity index (χ4v) is 4.90. The summed E-state index contributed by atoms with van der Waals surface area (Å²) in [6.45, 7) is 1.79. The number of anilines is 1. The van der Waals surface area contributed by atoms with E-state index in [1.165, 1.54) is 29.2 Å². The molecule has 0 unspecified atom stereocenters. The van der Waals surface area contributed by atoms with Crippen molar-refractivity contribution in [3.8, 4) is 22.6 Å². The summed E-state index contributed by atoms with van der Waals surface area (Å²) >= 11 is 2.55. The van der Waals surface area contributed by atoms with Crippen LogP contribution in [0.5, 0.6) is 0 Å². The Morgan fingerprint density at radius 3 is 2.67 bits per heavy atom. The van der Waals surface area contributed by atoms with Gasteiger partial charge in [-0.1, -0.05) is 11.8 Å². The third-order valence-corrected chi connectivity index (χ3v) is 6.93. The second-order valence-electron chi connectivity index (χ2n) is 7.56. The topological polar surface area (TPSA) is 85.6 Å². The highest BCUT2D eigenvalue weighted by Gasteiger charge is 2.31. The predicted octanol–water partition coefficient (Wildman–Crippen LogP) is 5.20. The van der Waals surface area contributed by atoms with Crippen molar-refractivity contribution < 1.29 is 13.6 Å². The number of amides is 1. The summed E-state index contributed by atoms with van der Waals surface area (Å²) in [6.07, 6.45) is 5.53. The lowest BCUT2D eigenvalue weighted by Crippen LogP contribution is -2.22. The van der Waals surface area contributed by atoms with E-state index < -0.39 is 16.9 Å². The van der Waals surface area contributed by atoms with Gasteiger partial charge in [-0.05, 0) is 50.1 Å². The fraction of sp³-hybridized carbons (Fsp3) is 0.227. The highest BCUT2D eigenvalue weighted by molar-refractivity contribution is 8.00. The molecule has 168 valence electrons. The highest BCUT2D eigenvalue weighted by atomic mass is 32.2. The number of hydrogen-bond donors (Lipinski definition) is 1. The zero-order valence-corrected chi connectivity index (χ0v) is 19.0. The first kappa shape index (κ1) is 21.7. The molecule has 7 nitrogen and oxygen atoms in total. The molecule has 1 aliphatic carbocycles. The third kappa shape index (κ3) is 4.64. The number of rotatable bonds is 7. The van der Waals surface area contributed by atoms with Crippen molar-refractivity contribution in [1.82, 2.24) is 24.7 Å². The minimum atomic E-state index is -0.943. The minimum Gasteiger partial charge on any atom is -0.301 e. The van der Waals surface area contributed by atoms with E-state index in [9.17, 15) is 13.6 Å². The van der Waals surface area contributed by atoms with E-state index in [1.807, 2.05) is 12.1 Å². The van der Waals surface area contributed by atoms with Crippen LogP contribution in [0.3, 0.4) is 0 Å². The van der Waals surface area contributed by atoms with Crippen LogP contribution in [0, 0.1) is 11.6 Å². The molecule has 33 heavy (non-hydrogen) atoms. The highest BCUT2D eigenvalue weighted by Crippen LogP contribution is 2.41. The van der Waals surface area contributed by atoms with E-state index in [4.69, 9.17) is 0 Å². The Morgan fingerprint density at radius 1 is 1.15 bits per heavy atom. The van der Waals surface area contributed by atoms with E-state index in [-0.39, 0.29) is 5.91 Å². The molecule has 1 N–H and O–H groups in total. The van der Waals surface area contributed by atoms with E-state index in [0.717, 1.165) is 36.4 Å². The number of nitrogens with zero attached hydrogens (tertiary/aromatic N) is 5. The molecule has 0 aliphatic heterocycles. The Kier molecular flexibility index (Phi) is 5.90. The van der Waals surface area contributed by atoms with Crippen LogP contribution >= 0.6 is 23.1 Å². The van der Waals surface area contributed by atoms with Gasteiger partial charge < -0.3 is 5.32 Å². The number of thiazole rings is 1. The lowest BCUT2D eigenvalue weighted by molar-refractivity contribution is -0.115. The molecular formula is C22H18F2N6OS2. The molecule has 0 radical (unpaired) electrons. The summed E-state index contributed by atoms with van der Waals surface area (Å²) in [6, 6.07) is 7.69. The van der Waals surface area contributed by atoms with Gasteiger partial charge in [-0.25, -0.2) is 13.8 Å². The summed E-state index contributed by atoms with van der Waals surface area (Å²) in [7, 11) is 0. The van der Waals surface area contributed by atoms with Gasteiger partial charge >= 0.3 is 0 Å². The zero-order chi connectivity index (χ0) is 22.9. The maximum absolute atomic E-state index is 13.5. The number of nitrogens with one attached hydrogen (secondary N) is 1. The second-order valence-corrected chi connectivity index (χ2v) is 9.73. The molecule has 0 saturated heterocycles. The quantitative estimate of drug-likeness (QED) is 0.363. The van der Waals surface area contributed by atoms with Gasteiger partial charge in [0.2, 0.25) is 5.91 Å². The molecule has 1 aromatic carbocycles. The van der Waals surface area contributed by atoms with Crippen molar-refractivity contribution in [3.63, 3.8) is 0 Å². The smallest absolute Gasteiger partial charge is 0.239 e. The van der Waals surface area contributed by atoms with Crippen molar-refractivity contribution >= 4 is 34.1 Å². The Balaban J connectivity index is 1.29. The lowest BCUT2D eigenvalue weighted by atomic mass is 10.2. The number of halogens is 2. The molecule has 5 rings (SSSR count). The van der Waals surface area contributed by atoms with Crippen LogP contribution in [0.4, 0.5) is 13.9 Å². The van der Waals surface area contributed by atoms with Crippen LogP contribution in [0.1, 0.15) is 25.8 Å². The molecule has 1 amide bonds. The number of pyridine rings is 1. The summed E-state index contributed by atoms with van der Waals surface area (Å²) in [5.74, 6) is -1.32. The van der Waals surface area contributed by atoms with Gasteiger partial charge in [-0.15, -0.1) is 21.5 Å². The number of benzene rings is 1. The van der Waals surface area contributed by atoms with Gasteiger partial charge in [0.1, 0.15) is 0 Å². The van der Waals surface area contributed by atoms with Crippen molar-refractivity contribution in [3.05, 3.63) is 59.7 Å². The van der Waals surface area contributed by atoms with Gasteiger partial charge in [0, 0.05) is 34.9 Å². The van der Waals surface area contributed by atoms with Crippen LogP contribution in [0.15, 0.2) is 53.3 Å². The van der Waals surface area contributed by atoms with E-state index in [0.29, 0.717) is 27.6 Å². The average molecular weight is 485 g/mol. The van der Waals surface area contributed by atoms with E-state index >= 15 is 0 Å². The van der Waals surface area contributed by atoms with Gasteiger partial charge in [0.15, 0.2) is 27.7 Å². The maximum Gasteiger partial charge on any atom is 0.239 e. The maximum atomic E-state index is 13.5. The fourth-order valence-electron chi connectivity index (χ4n) is 3.25. The van der Waals surface area contributed by atoms with Crippen LogP contribution in [0.25, 0.3) is 22.6 Å². The Hall–Kier alpha value is -3.18. The Bertz CT molecular complexity index is 1310. The second kappa shape index (κ2) is 8.99. The first-order chi connectivity index (χ1) is 16.0. The van der Waals surface area contributed by atoms with Crippen molar-refractivity contribution in [2.75, 3.05) is 5.32 Å². The van der Waals surface area contributed by atoms with Gasteiger partial charge in [-0.2, -0.15) is 0 Å². The molecule has 11 heteroatoms. The van der Waals surface area contributed by atoms with Gasteiger partial charge in [-0.3, -0.25) is 14.3 Å². The summed E-state index contributed by atoms with van der Waals surface area (Å²) in [5.41, 5.74) is 1.83. The number of hydrogen-bond acceptors (Lipinski definition) is 7. The Morgan fingerprint density at radius 2 is 1.94 bits per heavy atom. The molecule has 4 aromatic rings. The molecule has 1 aliphatic rings. The summed E-state index contributed by atoms with van der Waals surface area (Å²) < 4.78 is 28.8. The van der Waals surface area contributed by atoms with Crippen molar-refractivity contribution in [2.45, 2.75) is 36.2 Å². The molecule has 1 saturated carbocycles. The average Bonchev–Trinajstić information content (AvgIpc) is 3.40. The molecule has 1 atom stereocenters. The van der Waals surface area contributed by atoms with Gasteiger partial charge in [0.25, 0.3) is 0 Å². The predicted molar refractivity (Wildman–Crippen MR) is 123 cm³/mol. The summed E-state index contributed by atoms with van der Waals surface area (Å²) in [4.78, 5) is 21.2. The number of aromatic nitrogens is 5. The van der Waals surface area contributed by atoms with Crippen LogP contribution in [0.2, 0.25) is 0 Å². The number of carbonyl (C=O) groups excluding carboxylic acids is 1. The minimum absolute atomic E-state index is 0.234. The monoisotopic (exact) mass is 484 g/mol. The Labute approximate surface area is 196 Å². The van der Waals surface area contributed by atoms with Crippen molar-refractivity contribution in [1.29, 1.82) is 0 Å². The lowest BCUT2D eigenvalue weighted by Gasteiger charge is -2.12. The molecular weight excluding hydrogens is 466 g/mol. The normalized spacial score (nSPS) is 14.3. The van der Waals surface area contributed by atoms with Crippen molar-refractivity contribution in [2.24, 2.45) is 0 Å². The van der Waals surface area contributed by atoms with E-state index in [2.05, 4.69) is 30.0 Å². The van der Waals surface area contributed by atoms with Crippen LogP contribution in [-0.2, 0) is 4.79 Å². The number of carbonyl (C=O) groups is 1. The van der Waals surface area contributed by atoms with E-state index in [1.54, 1.807) is 24.7 Å². The first-order valence-corrected chi connectivity index (χ1v) is 12.0. The first-order valence-electron chi connectivity index (χ1n) is 10.2. The molecule has 1 fully saturated rings. The third-order valence-electron chi connectivity index (χ3n) is 5.12. The molecule has 0 bridgehead atoms. The SMILES string of the molecule is C[C@@H](Sc1nnc(-c2ccncc2)n1C1CC1)C(=O)Nc1nc(-c2ccc(F)c(F)c2)cs1.